The fourth-order valence-corrected chi connectivity index (χ4v) is 8.17. The minimum absolute atomic E-state index is 0.00366. The molecule has 0 aromatic heterocycles. The van der Waals surface area contributed by atoms with E-state index < -0.39 is 89.6 Å². The normalized spacial score (nSPS) is 22.6. The molecule has 17 nitrogen and oxygen atoms in total. The van der Waals surface area contributed by atoms with E-state index >= 15 is 0 Å². The van der Waals surface area contributed by atoms with E-state index in [1.807, 2.05) is 42.5 Å². The molecular weight excluding hydrogens is 898 g/mol. The maximum Gasteiger partial charge on any atom is 0.472 e. The highest BCUT2D eigenvalue weighted by molar-refractivity contribution is 7.47. The molecule has 0 aromatic carbocycles. The van der Waals surface area contributed by atoms with Gasteiger partial charge in [0.25, 0.3) is 0 Å². The number of aliphatic hydroxyl groups is 5. The molecule has 8 N–H and O–H groups in total. The van der Waals surface area contributed by atoms with Crippen LogP contribution in [-0.2, 0) is 41.8 Å². The van der Waals surface area contributed by atoms with Crippen LogP contribution in [0.2, 0.25) is 0 Å². The van der Waals surface area contributed by atoms with E-state index in [1.165, 1.54) is 19.3 Å². The smallest absolute Gasteiger partial charge is 0.462 e. The van der Waals surface area contributed by atoms with Crippen molar-refractivity contribution in [2.75, 3.05) is 13.2 Å². The van der Waals surface area contributed by atoms with Gasteiger partial charge >= 0.3 is 27.6 Å². The third-order valence-electron chi connectivity index (χ3n) is 10.4. The number of carbonyl (C=O) groups excluding carboxylic acids is 2. The van der Waals surface area contributed by atoms with Gasteiger partial charge in [-0.15, -0.1) is 0 Å². The Hall–Kier alpha value is -2.60. The summed E-state index contributed by atoms with van der Waals surface area (Å²) in [6, 6.07) is 0. The van der Waals surface area contributed by atoms with Crippen LogP contribution >= 0.6 is 15.6 Å². The second-order valence-corrected chi connectivity index (χ2v) is 18.9. The van der Waals surface area contributed by atoms with Gasteiger partial charge in [-0.25, -0.2) is 9.13 Å². The minimum atomic E-state index is -5.38. The Morgan fingerprint density at radius 3 is 1.70 bits per heavy atom. The van der Waals surface area contributed by atoms with Gasteiger partial charge in [0.05, 0.1) is 12.7 Å². The van der Waals surface area contributed by atoms with Crippen LogP contribution in [0.1, 0.15) is 149 Å². The first kappa shape index (κ1) is 61.4. The zero-order valence-electron chi connectivity index (χ0n) is 39.0. The van der Waals surface area contributed by atoms with E-state index in [4.69, 9.17) is 28.3 Å². The van der Waals surface area contributed by atoms with E-state index in [1.54, 1.807) is 6.08 Å². The number of aliphatic hydroxyl groups excluding tert-OH is 5. The van der Waals surface area contributed by atoms with Crippen molar-refractivity contribution in [2.24, 2.45) is 0 Å². The van der Waals surface area contributed by atoms with Crippen LogP contribution in [0.5, 0.6) is 0 Å². The quantitative estimate of drug-likeness (QED) is 0.00963. The summed E-state index contributed by atoms with van der Waals surface area (Å²) < 4.78 is 49.3. The van der Waals surface area contributed by atoms with Crippen molar-refractivity contribution < 1.29 is 82.0 Å². The number of carbonyl (C=O) groups is 2. The maximum atomic E-state index is 13.0. The lowest BCUT2D eigenvalue weighted by Crippen LogP contribution is -2.64. The predicted molar refractivity (Wildman–Crippen MR) is 252 cm³/mol. The number of unbranched alkanes of at least 4 members (excludes halogenated alkanes) is 11. The molecule has 1 saturated carbocycles. The first-order valence-electron chi connectivity index (χ1n) is 23.6. The Morgan fingerprint density at radius 1 is 0.561 bits per heavy atom. The van der Waals surface area contributed by atoms with Gasteiger partial charge in [0.2, 0.25) is 0 Å². The summed E-state index contributed by atoms with van der Waals surface area (Å²) in [5, 5.41) is 51.1. The van der Waals surface area contributed by atoms with Crippen molar-refractivity contribution in [3.05, 3.63) is 72.9 Å². The summed E-state index contributed by atoms with van der Waals surface area (Å²) in [7, 11) is -10.7. The molecule has 380 valence electrons. The van der Waals surface area contributed by atoms with E-state index in [0.29, 0.717) is 25.7 Å². The number of ether oxygens (including phenoxy) is 2. The standard InChI is InChI=1S/C47H80O17P2/c1-3-5-7-8-9-10-11-12-13-14-17-21-24-27-31-35-41(50)62-39(37-61-66(58,59)64-47-44(53)42(51)43(52)46(45(47)54)63-65(55,56)57)36-60-40(49)34-30-26-23-20-18-15-16-19-22-25-29-33-38(48)32-28-6-4-2/h9-10,12-13,15-16,20,22-23,25,29,33,38-39,42-48,51-54H,3-8,11,14,17-19,21,24,26-28,30-32,34-37H2,1-2H3,(H,58,59)(H2,55,56,57)/b10-9-,13-12-,16-15-,23-20-,25-22-,33-29+/t38-,39-,42?,43?,44?,45?,46-,47+/m1/s1. The van der Waals surface area contributed by atoms with Gasteiger partial charge in [0, 0.05) is 12.8 Å². The molecule has 1 aliphatic rings. The lowest BCUT2D eigenvalue weighted by molar-refractivity contribution is -0.216. The molecule has 1 rings (SSSR count). The Morgan fingerprint density at radius 2 is 1.08 bits per heavy atom. The van der Waals surface area contributed by atoms with Crippen molar-refractivity contribution in [1.29, 1.82) is 0 Å². The topological polar surface area (TPSA) is 276 Å². The van der Waals surface area contributed by atoms with Crippen molar-refractivity contribution in [3.63, 3.8) is 0 Å². The van der Waals surface area contributed by atoms with Gasteiger partial charge in [-0.05, 0) is 70.6 Å². The molecule has 9 atom stereocenters. The van der Waals surface area contributed by atoms with E-state index in [2.05, 4.69) is 42.7 Å². The molecule has 0 spiro atoms. The summed E-state index contributed by atoms with van der Waals surface area (Å²) in [5.41, 5.74) is 0. The van der Waals surface area contributed by atoms with Crippen LogP contribution in [0.4, 0.5) is 0 Å². The summed E-state index contributed by atoms with van der Waals surface area (Å²) >= 11 is 0. The summed E-state index contributed by atoms with van der Waals surface area (Å²) in [6.07, 6.45) is 26.1. The van der Waals surface area contributed by atoms with Gasteiger partial charge in [-0.1, -0.05) is 138 Å². The highest BCUT2D eigenvalue weighted by Gasteiger charge is 2.54. The van der Waals surface area contributed by atoms with Crippen molar-refractivity contribution >= 4 is 27.6 Å². The summed E-state index contributed by atoms with van der Waals surface area (Å²) in [4.78, 5) is 54.2. The molecule has 0 bridgehead atoms. The van der Waals surface area contributed by atoms with Crippen molar-refractivity contribution in [3.8, 4) is 0 Å². The molecule has 5 unspecified atom stereocenters. The largest absolute Gasteiger partial charge is 0.472 e. The maximum absolute atomic E-state index is 13.0. The van der Waals surface area contributed by atoms with Gasteiger partial charge in [0.15, 0.2) is 6.10 Å². The average molecular weight is 979 g/mol. The Bertz CT molecular complexity index is 1570. The number of esters is 2. The first-order chi connectivity index (χ1) is 31.5. The lowest BCUT2D eigenvalue weighted by Gasteiger charge is -2.43. The van der Waals surface area contributed by atoms with Crippen LogP contribution in [0.3, 0.4) is 0 Å². The number of phosphoric acid groups is 2. The van der Waals surface area contributed by atoms with Crippen molar-refractivity contribution in [1.82, 2.24) is 0 Å². The van der Waals surface area contributed by atoms with Gasteiger partial charge in [-0.3, -0.25) is 23.2 Å². The predicted octanol–water partition coefficient (Wildman–Crippen LogP) is 7.81. The number of phosphoric ester groups is 2. The van der Waals surface area contributed by atoms with Crippen LogP contribution < -0.4 is 0 Å². The van der Waals surface area contributed by atoms with Crippen LogP contribution in [0.25, 0.3) is 0 Å². The first-order valence-corrected chi connectivity index (χ1v) is 26.6. The molecule has 1 fully saturated rings. The monoisotopic (exact) mass is 978 g/mol. The minimum Gasteiger partial charge on any atom is -0.462 e. The number of hydrogen-bond donors (Lipinski definition) is 8. The van der Waals surface area contributed by atoms with Crippen molar-refractivity contribution in [2.45, 2.75) is 198 Å². The molecule has 0 saturated heterocycles. The molecular formula is C47H80O17P2. The number of allylic oxidation sites excluding steroid dienone is 11. The van der Waals surface area contributed by atoms with Gasteiger partial charge < -0.3 is 49.7 Å². The highest BCUT2D eigenvalue weighted by Crippen LogP contribution is 2.49. The summed E-state index contributed by atoms with van der Waals surface area (Å²) in [5.74, 6) is -1.32. The van der Waals surface area contributed by atoms with E-state index in [-0.39, 0.29) is 12.8 Å². The van der Waals surface area contributed by atoms with E-state index in [0.717, 1.165) is 77.0 Å². The lowest BCUT2D eigenvalue weighted by atomic mass is 9.85. The fourth-order valence-electron chi connectivity index (χ4n) is 6.63. The molecule has 0 aliphatic heterocycles. The van der Waals surface area contributed by atoms with Gasteiger partial charge in [0.1, 0.15) is 43.2 Å². The molecule has 0 aromatic rings. The zero-order chi connectivity index (χ0) is 49.1. The SMILES string of the molecule is CCCCC/C=C\C/C=C\CCCCCCCC(=O)O[C@H](COC(=O)CCC/C=C\C/C=C\C/C=C\C=C\[C@H](O)CCCCC)COP(=O)(O)O[C@H]1C(O)C(O)C(O)[C@@H](OP(=O)(O)O)C1O. The third-order valence-corrected chi connectivity index (χ3v) is 11.9. The average Bonchev–Trinajstić information content (AvgIpc) is 3.26. The van der Waals surface area contributed by atoms with Gasteiger partial charge in [-0.2, -0.15) is 0 Å². The molecule has 0 heterocycles. The zero-order valence-corrected chi connectivity index (χ0v) is 40.7. The molecule has 66 heavy (non-hydrogen) atoms. The molecule has 0 amide bonds. The summed E-state index contributed by atoms with van der Waals surface area (Å²) in [6.45, 7) is 2.88. The number of rotatable bonds is 38. The highest BCUT2D eigenvalue weighted by atomic mass is 31.2. The second-order valence-electron chi connectivity index (χ2n) is 16.3. The molecule has 19 heteroatoms. The van der Waals surface area contributed by atoms with Crippen LogP contribution in [-0.4, -0.2) is 114 Å². The Kier molecular flexibility index (Phi) is 34.7. The fraction of sp³-hybridized carbons (Fsp3) is 0.702. The van der Waals surface area contributed by atoms with E-state index in [9.17, 15) is 49.1 Å². The number of hydrogen-bond acceptors (Lipinski definition) is 14. The second kappa shape index (κ2) is 37.3. The van der Waals surface area contributed by atoms with Crippen LogP contribution in [0, 0.1) is 0 Å². The Labute approximate surface area is 392 Å². The molecule has 0 radical (unpaired) electrons. The Balaban J connectivity index is 2.67. The third kappa shape index (κ3) is 31.4. The van der Waals surface area contributed by atoms with Crippen LogP contribution in [0.15, 0.2) is 72.9 Å². The molecule has 1 aliphatic carbocycles.